The number of urea groups is 2. The average Bonchev–Trinajstić information content (AvgIpc) is 3.77. The van der Waals surface area contributed by atoms with Gasteiger partial charge < -0.3 is 25.2 Å². The molecule has 0 saturated carbocycles. The maximum absolute atomic E-state index is 12.3. The Hall–Kier alpha value is -4.59. The van der Waals surface area contributed by atoms with E-state index in [1.165, 1.54) is 32.8 Å². The fraction of sp³-hybridized carbons (Fsp3) is 0.419. The van der Waals surface area contributed by atoms with Crippen LogP contribution in [0.5, 0.6) is 6.01 Å². The Morgan fingerprint density at radius 1 is 0.720 bits per heavy atom. The SMILES string of the molecule is COc1nsc(NC(=O)Nc2ccccc2N2CCCCC2)n1.CS(=O)(=O)NCc1nsc(NC(=O)Nc2ccccc2N2CCCCC2)n1. The zero-order valence-electron chi connectivity index (χ0n) is 27.8. The number of ether oxygens (including phenoxy) is 1. The number of carbonyl (C=O) groups is 2. The summed E-state index contributed by atoms with van der Waals surface area (Å²) in [6.07, 6.45) is 8.23. The molecule has 0 bridgehead atoms. The van der Waals surface area contributed by atoms with Crippen LogP contribution in [-0.4, -0.2) is 78.7 Å². The number of para-hydroxylation sites is 4. The number of piperidine rings is 2. The summed E-state index contributed by atoms with van der Waals surface area (Å²) in [6.45, 7) is 3.99. The molecule has 19 heteroatoms. The number of aromatic nitrogens is 4. The number of benzene rings is 2. The molecule has 5 N–H and O–H groups in total. The van der Waals surface area contributed by atoms with Gasteiger partial charge in [0, 0.05) is 49.2 Å². The standard InChI is InChI=1S/C16H22N6O3S2.C15H19N5O2S/c1-27(24,25)17-11-14-19-16(26-21-14)20-15(23)18-12-7-3-4-8-13(12)22-9-5-2-6-10-22;1-22-14-18-15(23-19-14)17-13(21)16-11-7-3-4-8-12(11)20-9-5-2-6-10-20/h3-4,7-8,17H,2,5-6,9-11H2,1H3,(H2,18,19,20,21,23);3-4,7-8H,2,5-6,9-10H2,1H3,(H2,16,17,18,19,21). The maximum atomic E-state index is 12.3. The molecule has 0 spiro atoms. The lowest BCUT2D eigenvalue weighted by atomic mass is 10.1. The van der Waals surface area contributed by atoms with Gasteiger partial charge in [0.15, 0.2) is 5.82 Å². The van der Waals surface area contributed by atoms with Crippen molar-refractivity contribution >= 4 is 78.2 Å². The number of nitrogens with zero attached hydrogens (tertiary/aromatic N) is 6. The Bertz CT molecular complexity index is 1820. The van der Waals surface area contributed by atoms with Crippen LogP contribution in [0, 0.1) is 0 Å². The van der Waals surface area contributed by atoms with Gasteiger partial charge in [0.25, 0.3) is 0 Å². The van der Waals surface area contributed by atoms with Gasteiger partial charge in [0.1, 0.15) is 0 Å². The summed E-state index contributed by atoms with van der Waals surface area (Å²) in [6, 6.07) is 15.0. The molecule has 0 atom stereocenters. The number of methoxy groups -OCH3 is 1. The molecule has 0 radical (unpaired) electrons. The van der Waals surface area contributed by atoms with Gasteiger partial charge >= 0.3 is 18.1 Å². The summed E-state index contributed by atoms with van der Waals surface area (Å²) in [5.41, 5.74) is 3.59. The number of sulfonamides is 1. The van der Waals surface area contributed by atoms with E-state index < -0.39 is 16.1 Å². The highest BCUT2D eigenvalue weighted by atomic mass is 32.2. The molecular formula is C31H41N11O5S3. The van der Waals surface area contributed by atoms with Crippen molar-refractivity contribution in [1.29, 1.82) is 0 Å². The first kappa shape index (κ1) is 36.7. The van der Waals surface area contributed by atoms with E-state index in [2.05, 4.69) is 54.5 Å². The molecule has 2 aliphatic rings. The number of anilines is 6. The van der Waals surface area contributed by atoms with E-state index in [0.29, 0.717) is 16.1 Å². The summed E-state index contributed by atoms with van der Waals surface area (Å²) in [7, 11) is -1.84. The van der Waals surface area contributed by atoms with Crippen LogP contribution in [-0.2, 0) is 16.6 Å². The minimum Gasteiger partial charge on any atom is -0.466 e. The molecule has 50 heavy (non-hydrogen) atoms. The Morgan fingerprint density at radius 2 is 1.20 bits per heavy atom. The third-order valence-corrected chi connectivity index (χ3v) is 9.64. The molecule has 4 amide bonds. The molecule has 2 aliphatic heterocycles. The van der Waals surface area contributed by atoms with Crippen LogP contribution in [0.4, 0.5) is 42.6 Å². The molecule has 4 aromatic rings. The molecule has 268 valence electrons. The van der Waals surface area contributed by atoms with Crippen LogP contribution in [0.3, 0.4) is 0 Å². The van der Waals surface area contributed by atoms with E-state index >= 15 is 0 Å². The molecule has 2 saturated heterocycles. The Kier molecular flexibility index (Phi) is 13.1. The van der Waals surface area contributed by atoms with E-state index in [9.17, 15) is 18.0 Å². The summed E-state index contributed by atoms with van der Waals surface area (Å²) in [5, 5.41) is 11.8. The highest BCUT2D eigenvalue weighted by molar-refractivity contribution is 7.88. The Balaban J connectivity index is 0.000000197. The van der Waals surface area contributed by atoms with E-state index in [0.717, 1.165) is 91.1 Å². The lowest BCUT2D eigenvalue weighted by Crippen LogP contribution is -2.30. The van der Waals surface area contributed by atoms with Crippen LogP contribution in [0.2, 0.25) is 0 Å². The number of hydrogen-bond donors (Lipinski definition) is 5. The topological polar surface area (TPSA) is 196 Å². The Morgan fingerprint density at radius 3 is 1.68 bits per heavy atom. The quantitative estimate of drug-likeness (QED) is 0.140. The van der Waals surface area contributed by atoms with Crippen molar-refractivity contribution in [3.05, 3.63) is 54.4 Å². The predicted octanol–water partition coefficient (Wildman–Crippen LogP) is 5.40. The third-order valence-electron chi connectivity index (χ3n) is 7.69. The highest BCUT2D eigenvalue weighted by Gasteiger charge is 2.18. The van der Waals surface area contributed by atoms with Crippen molar-refractivity contribution in [3.8, 4) is 6.01 Å². The number of carbonyl (C=O) groups excluding carboxylic acids is 2. The van der Waals surface area contributed by atoms with Gasteiger partial charge in [-0.15, -0.1) is 4.37 Å². The van der Waals surface area contributed by atoms with Crippen LogP contribution in [0.1, 0.15) is 44.3 Å². The van der Waals surface area contributed by atoms with Gasteiger partial charge in [-0.3, -0.25) is 10.6 Å². The minimum atomic E-state index is -3.32. The van der Waals surface area contributed by atoms with Crippen molar-refractivity contribution in [3.63, 3.8) is 0 Å². The molecule has 2 aromatic carbocycles. The summed E-state index contributed by atoms with van der Waals surface area (Å²) in [5.74, 6) is 0.300. The van der Waals surface area contributed by atoms with Crippen LogP contribution < -0.4 is 40.5 Å². The van der Waals surface area contributed by atoms with Crippen molar-refractivity contribution in [1.82, 2.24) is 23.4 Å². The molecule has 2 fully saturated rings. The van der Waals surface area contributed by atoms with Gasteiger partial charge in [0.2, 0.25) is 20.3 Å². The zero-order valence-corrected chi connectivity index (χ0v) is 30.3. The first-order valence-corrected chi connectivity index (χ1v) is 19.6. The number of nitrogens with one attached hydrogen (secondary N) is 5. The molecule has 16 nitrogen and oxygen atoms in total. The Labute approximate surface area is 299 Å². The monoisotopic (exact) mass is 743 g/mol. The number of amides is 4. The van der Waals surface area contributed by atoms with Crippen LogP contribution in [0.25, 0.3) is 0 Å². The lowest BCUT2D eigenvalue weighted by molar-refractivity contribution is 0.261. The second-order valence-corrected chi connectivity index (χ2v) is 14.8. The molecular weight excluding hydrogens is 703 g/mol. The third kappa shape index (κ3) is 11.2. The van der Waals surface area contributed by atoms with E-state index in [1.54, 1.807) is 0 Å². The van der Waals surface area contributed by atoms with E-state index in [1.807, 2.05) is 48.5 Å². The van der Waals surface area contributed by atoms with Crippen molar-refractivity contribution in [2.75, 3.05) is 70.6 Å². The smallest absolute Gasteiger partial charge is 0.329 e. The van der Waals surface area contributed by atoms with E-state index in [-0.39, 0.29) is 18.6 Å². The number of hydrogen-bond acceptors (Lipinski definition) is 13. The fourth-order valence-corrected chi connectivity index (χ4v) is 6.91. The van der Waals surface area contributed by atoms with Crippen LogP contribution in [0.15, 0.2) is 48.5 Å². The van der Waals surface area contributed by atoms with Gasteiger partial charge in [-0.05, 0) is 62.8 Å². The summed E-state index contributed by atoms with van der Waals surface area (Å²) >= 11 is 2.07. The first-order chi connectivity index (χ1) is 24.2. The van der Waals surface area contributed by atoms with Crippen LogP contribution >= 0.6 is 23.1 Å². The first-order valence-electron chi connectivity index (χ1n) is 16.2. The lowest BCUT2D eigenvalue weighted by Gasteiger charge is -2.30. The van der Waals surface area contributed by atoms with Gasteiger partial charge in [0.05, 0.1) is 42.7 Å². The second kappa shape index (κ2) is 17.9. The molecule has 0 unspecified atom stereocenters. The van der Waals surface area contributed by atoms with Gasteiger partial charge in [-0.25, -0.2) is 27.7 Å². The largest absolute Gasteiger partial charge is 0.466 e. The average molecular weight is 744 g/mol. The predicted molar refractivity (Wildman–Crippen MR) is 198 cm³/mol. The van der Waals surface area contributed by atoms with E-state index in [4.69, 9.17) is 4.74 Å². The zero-order chi connectivity index (χ0) is 35.3. The second-order valence-electron chi connectivity index (χ2n) is 11.5. The normalized spacial score (nSPS) is 14.6. The maximum Gasteiger partial charge on any atom is 0.329 e. The van der Waals surface area contributed by atoms with Gasteiger partial charge in [-0.2, -0.15) is 9.36 Å². The molecule has 0 aliphatic carbocycles. The minimum absolute atomic E-state index is 0.0174. The fourth-order valence-electron chi connectivity index (χ4n) is 5.40. The van der Waals surface area contributed by atoms with Crippen molar-refractivity contribution in [2.45, 2.75) is 45.1 Å². The van der Waals surface area contributed by atoms with Gasteiger partial charge in [-0.1, -0.05) is 24.3 Å². The van der Waals surface area contributed by atoms with Crippen molar-refractivity contribution in [2.24, 2.45) is 0 Å². The summed E-state index contributed by atoms with van der Waals surface area (Å²) < 4.78 is 37.4. The van der Waals surface area contributed by atoms with Crippen molar-refractivity contribution < 1.29 is 22.7 Å². The number of rotatable bonds is 10. The molecule has 4 heterocycles. The summed E-state index contributed by atoms with van der Waals surface area (Å²) in [4.78, 5) is 37.2. The molecule has 6 rings (SSSR count). The highest BCUT2D eigenvalue weighted by Crippen LogP contribution is 2.30. The molecule has 2 aromatic heterocycles.